The molecule has 0 radical (unpaired) electrons. The molecule has 0 saturated heterocycles. The SMILES string of the molecule is C.C=O.CCCCOc1cc(C)c(C)c(C)c1.NN.[HH].[HH]. The van der Waals surface area contributed by atoms with Gasteiger partial charge < -0.3 is 9.53 Å². The predicted octanol–water partition coefficient (Wildman–Crippen LogP) is 3.55. The van der Waals surface area contributed by atoms with Gasteiger partial charge in [0.2, 0.25) is 0 Å². The monoisotopic (exact) mass is 274 g/mol. The lowest BCUT2D eigenvalue weighted by atomic mass is 10.0. The Balaban J connectivity index is -0.000000112. The Morgan fingerprint density at radius 3 is 1.95 bits per heavy atom. The largest absolute Gasteiger partial charge is 0.494 e. The van der Waals surface area contributed by atoms with E-state index in [0.717, 1.165) is 18.8 Å². The Labute approximate surface area is 121 Å². The van der Waals surface area contributed by atoms with Crippen LogP contribution in [0.4, 0.5) is 0 Å². The molecule has 0 amide bonds. The first-order valence-corrected chi connectivity index (χ1v) is 5.98. The first-order valence-electron chi connectivity index (χ1n) is 5.98. The maximum Gasteiger partial charge on any atom is 0.119 e. The van der Waals surface area contributed by atoms with E-state index in [9.17, 15) is 0 Å². The van der Waals surface area contributed by atoms with Crippen LogP contribution in [0.15, 0.2) is 12.1 Å². The zero-order valence-corrected chi connectivity index (χ0v) is 12.0. The van der Waals surface area contributed by atoms with Crippen LogP contribution in [0, 0.1) is 20.8 Å². The van der Waals surface area contributed by atoms with Crippen molar-refractivity contribution >= 4 is 6.79 Å². The molecule has 0 bridgehead atoms. The molecule has 1 rings (SSSR count). The topological polar surface area (TPSA) is 78.3 Å². The van der Waals surface area contributed by atoms with Crippen molar-refractivity contribution in [2.75, 3.05) is 6.61 Å². The van der Waals surface area contributed by atoms with Crippen molar-refractivity contribution in [1.29, 1.82) is 0 Å². The number of benzene rings is 1. The van der Waals surface area contributed by atoms with Gasteiger partial charge in [0.05, 0.1) is 6.61 Å². The number of nitrogens with two attached hydrogens (primary N) is 2. The number of hydrogen-bond acceptors (Lipinski definition) is 4. The van der Waals surface area contributed by atoms with Gasteiger partial charge in [-0.2, -0.15) is 0 Å². The fourth-order valence-corrected chi connectivity index (χ4v) is 1.41. The lowest BCUT2D eigenvalue weighted by Gasteiger charge is -2.10. The van der Waals surface area contributed by atoms with Crippen molar-refractivity contribution in [2.24, 2.45) is 11.7 Å². The van der Waals surface area contributed by atoms with Crippen molar-refractivity contribution in [3.63, 3.8) is 0 Å². The average molecular weight is 274 g/mol. The van der Waals surface area contributed by atoms with Gasteiger partial charge in [-0.1, -0.05) is 20.8 Å². The minimum atomic E-state index is 0. The van der Waals surface area contributed by atoms with Crippen LogP contribution in [-0.4, -0.2) is 13.4 Å². The zero-order valence-electron chi connectivity index (χ0n) is 12.0. The number of ether oxygens (including phenoxy) is 1. The van der Waals surface area contributed by atoms with Crippen LogP contribution in [0.25, 0.3) is 0 Å². The first-order chi connectivity index (χ1) is 8.65. The van der Waals surface area contributed by atoms with Crippen molar-refractivity contribution in [2.45, 2.75) is 48.0 Å². The molecule has 19 heavy (non-hydrogen) atoms. The van der Waals surface area contributed by atoms with E-state index >= 15 is 0 Å². The van der Waals surface area contributed by atoms with Gasteiger partial charge in [0.1, 0.15) is 12.5 Å². The van der Waals surface area contributed by atoms with Gasteiger partial charge in [-0.3, -0.25) is 11.7 Å². The summed E-state index contributed by atoms with van der Waals surface area (Å²) in [5.74, 6) is 9.01. The van der Waals surface area contributed by atoms with Crippen LogP contribution >= 0.6 is 0 Å². The lowest BCUT2D eigenvalue weighted by molar-refractivity contribution is -0.0979. The van der Waals surface area contributed by atoms with E-state index in [1.165, 1.54) is 23.1 Å². The van der Waals surface area contributed by atoms with Gasteiger partial charge >= 0.3 is 0 Å². The van der Waals surface area contributed by atoms with Gasteiger partial charge in [-0.25, -0.2) is 0 Å². The molecule has 0 heterocycles. The van der Waals surface area contributed by atoms with Crippen LogP contribution < -0.4 is 16.4 Å². The van der Waals surface area contributed by atoms with Crippen LogP contribution in [0.5, 0.6) is 5.75 Å². The number of carbonyl (C=O) groups is 1. The van der Waals surface area contributed by atoms with Crippen LogP contribution in [0.2, 0.25) is 0 Å². The third-order valence-corrected chi connectivity index (χ3v) is 2.67. The second-order valence-electron chi connectivity index (χ2n) is 3.88. The van der Waals surface area contributed by atoms with Crippen molar-refractivity contribution in [3.05, 3.63) is 28.8 Å². The van der Waals surface area contributed by atoms with Crippen molar-refractivity contribution in [1.82, 2.24) is 0 Å². The molecule has 4 heteroatoms. The highest BCUT2D eigenvalue weighted by Crippen LogP contribution is 2.21. The maximum atomic E-state index is 8.00. The second-order valence-corrected chi connectivity index (χ2v) is 3.88. The molecule has 0 atom stereocenters. The molecule has 0 aromatic heterocycles. The lowest BCUT2D eigenvalue weighted by Crippen LogP contribution is -2.02. The molecule has 0 unspecified atom stereocenters. The van der Waals surface area contributed by atoms with E-state index in [4.69, 9.17) is 9.53 Å². The summed E-state index contributed by atoms with van der Waals surface area (Å²) in [6.07, 6.45) is 2.32. The van der Waals surface area contributed by atoms with E-state index in [1.54, 1.807) is 0 Å². The molecular weight excluding hydrogens is 240 g/mol. The van der Waals surface area contributed by atoms with E-state index in [-0.39, 0.29) is 10.3 Å². The minimum absolute atomic E-state index is 0. The summed E-state index contributed by atoms with van der Waals surface area (Å²) in [6.45, 7) is 11.4. The summed E-state index contributed by atoms with van der Waals surface area (Å²) in [4.78, 5) is 8.00. The van der Waals surface area contributed by atoms with Gasteiger partial charge in [0.25, 0.3) is 0 Å². The number of aryl methyl sites for hydroxylation is 2. The summed E-state index contributed by atoms with van der Waals surface area (Å²) >= 11 is 0. The van der Waals surface area contributed by atoms with Crippen LogP contribution in [0.1, 0.15) is 46.7 Å². The van der Waals surface area contributed by atoms with Gasteiger partial charge in [0.15, 0.2) is 0 Å². The number of unbranched alkanes of at least 4 members (excludes halogenated alkanes) is 1. The minimum Gasteiger partial charge on any atom is -0.494 e. The number of hydrazine groups is 1. The summed E-state index contributed by atoms with van der Waals surface area (Å²) in [5, 5.41) is 0. The Hall–Kier alpha value is -1.39. The molecular formula is C15H34N2O2. The molecule has 4 nitrogen and oxygen atoms in total. The van der Waals surface area contributed by atoms with Crippen molar-refractivity contribution in [3.8, 4) is 5.75 Å². The fraction of sp³-hybridized carbons (Fsp3) is 0.533. The molecule has 0 spiro atoms. The van der Waals surface area contributed by atoms with E-state index < -0.39 is 0 Å². The summed E-state index contributed by atoms with van der Waals surface area (Å²) in [7, 11) is 0. The summed E-state index contributed by atoms with van der Waals surface area (Å²) in [6, 6.07) is 4.25. The second kappa shape index (κ2) is 14.7. The number of hydrogen-bond donors (Lipinski definition) is 2. The Bertz CT molecular complexity index is 314. The third-order valence-electron chi connectivity index (χ3n) is 2.67. The molecule has 0 saturated carbocycles. The number of carbonyl (C=O) groups excluding carboxylic acids is 1. The Kier molecular flexibility index (Phi) is 17.6. The number of rotatable bonds is 4. The highest BCUT2D eigenvalue weighted by atomic mass is 16.5. The molecule has 0 aliphatic heterocycles. The Morgan fingerprint density at radius 2 is 1.58 bits per heavy atom. The van der Waals surface area contributed by atoms with Crippen molar-refractivity contribution < 1.29 is 12.4 Å². The molecule has 0 fully saturated rings. The summed E-state index contributed by atoms with van der Waals surface area (Å²) < 4.78 is 5.66. The van der Waals surface area contributed by atoms with E-state index in [0.29, 0.717) is 0 Å². The van der Waals surface area contributed by atoms with Crippen LogP contribution in [0.3, 0.4) is 0 Å². The predicted molar refractivity (Wildman–Crippen MR) is 87.5 cm³/mol. The van der Waals surface area contributed by atoms with Gasteiger partial charge in [0, 0.05) is 2.85 Å². The molecule has 1 aromatic carbocycles. The molecule has 0 aliphatic rings. The standard InChI is InChI=1S/C13H20O.CH2O.CH4.H4N2.2H2/c1-5-6-7-14-13-8-10(2)12(4)11(3)9-13;1-2;;1-2;;/h8-9H,5-7H2,1-4H3;1H2;1H4;1-2H2;2*1H. The quantitative estimate of drug-likeness (QED) is 0.500. The van der Waals surface area contributed by atoms with Crippen LogP contribution in [-0.2, 0) is 4.79 Å². The fourth-order valence-electron chi connectivity index (χ4n) is 1.41. The molecule has 116 valence electrons. The smallest absolute Gasteiger partial charge is 0.119 e. The molecule has 0 aliphatic carbocycles. The van der Waals surface area contributed by atoms with E-state index in [1.807, 2.05) is 6.79 Å². The molecule has 4 N–H and O–H groups in total. The van der Waals surface area contributed by atoms with E-state index in [2.05, 4.69) is 51.5 Å². The Morgan fingerprint density at radius 1 is 1.16 bits per heavy atom. The highest BCUT2D eigenvalue weighted by Gasteiger charge is 2.01. The maximum absolute atomic E-state index is 8.00. The third kappa shape index (κ3) is 9.22. The normalized spacial score (nSPS) is 8.11. The molecule has 1 aromatic rings. The first kappa shape index (κ1) is 22.8. The summed E-state index contributed by atoms with van der Waals surface area (Å²) in [5.41, 5.74) is 4.00. The van der Waals surface area contributed by atoms with Gasteiger partial charge in [-0.15, -0.1) is 0 Å². The zero-order chi connectivity index (χ0) is 14.6. The average Bonchev–Trinajstić information content (AvgIpc) is 2.41. The highest BCUT2D eigenvalue weighted by molar-refractivity contribution is 5.40. The van der Waals surface area contributed by atoms with Gasteiger partial charge in [-0.05, 0) is 56.0 Å².